The second kappa shape index (κ2) is 8.51. The second-order valence-corrected chi connectivity index (χ2v) is 5.24. The van der Waals surface area contributed by atoms with Crippen LogP contribution < -0.4 is 10.9 Å². The zero-order valence-corrected chi connectivity index (χ0v) is 13.3. The van der Waals surface area contributed by atoms with Crippen molar-refractivity contribution in [3.63, 3.8) is 0 Å². The molecule has 0 aliphatic rings. The highest BCUT2D eigenvalue weighted by Gasteiger charge is 2.10. The molecule has 0 fully saturated rings. The molecular weight excluding hydrogens is 276 g/mol. The smallest absolute Gasteiger partial charge is 0.255 e. The van der Waals surface area contributed by atoms with Crippen LogP contribution in [0, 0.1) is 0 Å². The van der Waals surface area contributed by atoms with E-state index in [0.29, 0.717) is 19.7 Å². The van der Waals surface area contributed by atoms with Crippen LogP contribution in [0.3, 0.4) is 0 Å². The molecule has 1 aromatic heterocycles. The fourth-order valence-corrected chi connectivity index (χ4v) is 2.42. The Hall–Kier alpha value is -1.91. The molecule has 0 radical (unpaired) electrons. The Morgan fingerprint density at radius 3 is 2.59 bits per heavy atom. The van der Waals surface area contributed by atoms with Gasteiger partial charge in [0, 0.05) is 25.8 Å². The quantitative estimate of drug-likeness (QED) is 0.762. The van der Waals surface area contributed by atoms with Crippen molar-refractivity contribution in [3.8, 4) is 11.3 Å². The van der Waals surface area contributed by atoms with Crippen LogP contribution in [-0.4, -0.2) is 24.8 Å². The van der Waals surface area contributed by atoms with E-state index in [0.717, 1.165) is 29.8 Å². The van der Waals surface area contributed by atoms with Crippen LogP contribution in [0.15, 0.2) is 47.3 Å². The maximum absolute atomic E-state index is 12.7. The lowest BCUT2D eigenvalue weighted by Gasteiger charge is -2.15. The molecule has 0 aliphatic carbocycles. The molecule has 0 atom stereocenters. The van der Waals surface area contributed by atoms with E-state index in [1.165, 1.54) is 0 Å². The number of hydrogen-bond donors (Lipinski definition) is 1. The van der Waals surface area contributed by atoms with Crippen LogP contribution in [-0.2, 0) is 17.8 Å². The van der Waals surface area contributed by atoms with E-state index < -0.39 is 0 Å². The van der Waals surface area contributed by atoms with E-state index in [4.69, 9.17) is 4.74 Å². The molecular formula is C18H24N2O2. The Morgan fingerprint density at radius 2 is 1.91 bits per heavy atom. The van der Waals surface area contributed by atoms with Crippen molar-refractivity contribution in [3.05, 3.63) is 58.4 Å². The molecule has 1 aromatic carbocycles. The highest BCUT2D eigenvalue weighted by molar-refractivity contribution is 5.59. The Bertz CT molecular complexity index is 635. The van der Waals surface area contributed by atoms with E-state index >= 15 is 0 Å². The standard InChI is InChI=1S/C18H24N2O2/c1-3-11-19-14-16-9-10-17(15-7-5-4-6-8-15)20(18(16)21)12-13-22-2/h4-10,19H,3,11-14H2,1-2H3. The summed E-state index contributed by atoms with van der Waals surface area (Å²) >= 11 is 0. The van der Waals surface area contributed by atoms with Gasteiger partial charge in [-0.15, -0.1) is 0 Å². The fraction of sp³-hybridized carbons (Fsp3) is 0.389. The highest BCUT2D eigenvalue weighted by atomic mass is 16.5. The predicted molar refractivity (Wildman–Crippen MR) is 90.0 cm³/mol. The van der Waals surface area contributed by atoms with Gasteiger partial charge in [0.2, 0.25) is 0 Å². The average molecular weight is 300 g/mol. The summed E-state index contributed by atoms with van der Waals surface area (Å²) in [5, 5.41) is 3.29. The van der Waals surface area contributed by atoms with Gasteiger partial charge in [-0.1, -0.05) is 43.3 Å². The molecule has 2 rings (SSSR count). The number of methoxy groups -OCH3 is 1. The van der Waals surface area contributed by atoms with Crippen molar-refractivity contribution >= 4 is 0 Å². The number of nitrogens with one attached hydrogen (secondary N) is 1. The monoisotopic (exact) mass is 300 g/mol. The third-order valence-corrected chi connectivity index (χ3v) is 3.58. The van der Waals surface area contributed by atoms with Crippen LogP contribution in [0.4, 0.5) is 0 Å². The lowest BCUT2D eigenvalue weighted by Crippen LogP contribution is -2.29. The first-order chi connectivity index (χ1) is 10.8. The van der Waals surface area contributed by atoms with Crippen molar-refractivity contribution in [1.82, 2.24) is 9.88 Å². The molecule has 1 N–H and O–H groups in total. The molecule has 0 unspecified atom stereocenters. The van der Waals surface area contributed by atoms with Crippen LogP contribution >= 0.6 is 0 Å². The van der Waals surface area contributed by atoms with E-state index in [1.807, 2.05) is 47.0 Å². The molecule has 4 nitrogen and oxygen atoms in total. The first-order valence-corrected chi connectivity index (χ1v) is 7.75. The van der Waals surface area contributed by atoms with Gasteiger partial charge in [-0.3, -0.25) is 4.79 Å². The minimum Gasteiger partial charge on any atom is -0.383 e. The minimum atomic E-state index is 0.0574. The number of rotatable bonds is 8. The van der Waals surface area contributed by atoms with Gasteiger partial charge >= 0.3 is 0 Å². The van der Waals surface area contributed by atoms with E-state index in [-0.39, 0.29) is 5.56 Å². The summed E-state index contributed by atoms with van der Waals surface area (Å²) in [7, 11) is 1.65. The predicted octanol–water partition coefficient (Wildman–Crippen LogP) is 2.66. The Balaban J connectivity index is 2.37. The van der Waals surface area contributed by atoms with Gasteiger partial charge in [0.25, 0.3) is 5.56 Å². The van der Waals surface area contributed by atoms with Gasteiger partial charge in [-0.25, -0.2) is 0 Å². The van der Waals surface area contributed by atoms with Gasteiger partial charge in [0.15, 0.2) is 0 Å². The van der Waals surface area contributed by atoms with Crippen molar-refractivity contribution in [2.24, 2.45) is 0 Å². The summed E-state index contributed by atoms with van der Waals surface area (Å²) in [6.07, 6.45) is 1.06. The van der Waals surface area contributed by atoms with Gasteiger partial charge in [-0.05, 0) is 24.6 Å². The summed E-state index contributed by atoms with van der Waals surface area (Å²) in [6.45, 7) is 4.71. The van der Waals surface area contributed by atoms with Crippen molar-refractivity contribution in [2.75, 3.05) is 20.3 Å². The summed E-state index contributed by atoms with van der Waals surface area (Å²) < 4.78 is 6.96. The number of aromatic nitrogens is 1. The maximum Gasteiger partial charge on any atom is 0.255 e. The molecule has 0 aliphatic heterocycles. The molecule has 4 heteroatoms. The third kappa shape index (κ3) is 4.06. The van der Waals surface area contributed by atoms with Crippen LogP contribution in [0.2, 0.25) is 0 Å². The Kier molecular flexibility index (Phi) is 6.37. The normalized spacial score (nSPS) is 10.8. The molecule has 0 saturated heterocycles. The molecule has 118 valence electrons. The number of pyridine rings is 1. The van der Waals surface area contributed by atoms with Gasteiger partial charge in [-0.2, -0.15) is 0 Å². The van der Waals surface area contributed by atoms with Crippen molar-refractivity contribution in [2.45, 2.75) is 26.4 Å². The van der Waals surface area contributed by atoms with E-state index in [9.17, 15) is 4.79 Å². The molecule has 2 aromatic rings. The fourth-order valence-electron chi connectivity index (χ4n) is 2.42. The Labute approximate surface area is 131 Å². The average Bonchev–Trinajstić information content (AvgIpc) is 2.56. The minimum absolute atomic E-state index is 0.0574. The molecule has 0 amide bonds. The summed E-state index contributed by atoms with van der Waals surface area (Å²) in [4.78, 5) is 12.7. The zero-order valence-electron chi connectivity index (χ0n) is 13.3. The van der Waals surface area contributed by atoms with Crippen molar-refractivity contribution in [1.29, 1.82) is 0 Å². The summed E-state index contributed by atoms with van der Waals surface area (Å²) in [5.41, 5.74) is 2.83. The lowest BCUT2D eigenvalue weighted by atomic mass is 10.1. The zero-order chi connectivity index (χ0) is 15.8. The Morgan fingerprint density at radius 1 is 1.14 bits per heavy atom. The number of ether oxygens (including phenoxy) is 1. The molecule has 0 spiro atoms. The van der Waals surface area contributed by atoms with Gasteiger partial charge < -0.3 is 14.6 Å². The van der Waals surface area contributed by atoms with Crippen LogP contribution in [0.1, 0.15) is 18.9 Å². The lowest BCUT2D eigenvalue weighted by molar-refractivity contribution is 0.186. The molecule has 0 saturated carbocycles. The first-order valence-electron chi connectivity index (χ1n) is 7.75. The third-order valence-electron chi connectivity index (χ3n) is 3.58. The van der Waals surface area contributed by atoms with Crippen LogP contribution in [0.5, 0.6) is 0 Å². The largest absolute Gasteiger partial charge is 0.383 e. The van der Waals surface area contributed by atoms with E-state index in [2.05, 4.69) is 12.2 Å². The number of hydrogen-bond acceptors (Lipinski definition) is 3. The molecule has 0 bridgehead atoms. The highest BCUT2D eigenvalue weighted by Crippen LogP contribution is 2.18. The van der Waals surface area contributed by atoms with E-state index in [1.54, 1.807) is 7.11 Å². The number of benzene rings is 1. The van der Waals surface area contributed by atoms with Crippen molar-refractivity contribution < 1.29 is 4.74 Å². The second-order valence-electron chi connectivity index (χ2n) is 5.24. The summed E-state index contributed by atoms with van der Waals surface area (Å²) in [5.74, 6) is 0. The topological polar surface area (TPSA) is 43.3 Å². The summed E-state index contributed by atoms with van der Waals surface area (Å²) in [6, 6.07) is 13.9. The SMILES string of the molecule is CCCNCc1ccc(-c2ccccc2)n(CCOC)c1=O. The van der Waals surface area contributed by atoms with Gasteiger partial charge in [0.05, 0.1) is 12.3 Å². The maximum atomic E-state index is 12.7. The molecule has 22 heavy (non-hydrogen) atoms. The first kappa shape index (κ1) is 16.5. The van der Waals surface area contributed by atoms with Gasteiger partial charge in [0.1, 0.15) is 0 Å². The van der Waals surface area contributed by atoms with Crippen LogP contribution in [0.25, 0.3) is 11.3 Å². The molecule has 1 heterocycles. The number of nitrogens with zero attached hydrogens (tertiary/aromatic N) is 1.